The Labute approximate surface area is 670 Å². The maximum Gasteiger partial charge on any atom is -0.000718 e. The van der Waals surface area contributed by atoms with E-state index in [0.717, 1.165) is 70.6 Å². The van der Waals surface area contributed by atoms with Crippen molar-refractivity contribution in [1.82, 2.24) is 0 Å². The van der Waals surface area contributed by atoms with Crippen molar-refractivity contribution in [3.05, 3.63) is 474 Å². The normalized spacial score (nSPS) is 13.3. The summed E-state index contributed by atoms with van der Waals surface area (Å²) >= 11 is 0. The molecule has 0 unspecified atom stereocenters. The third-order valence-corrected chi connectivity index (χ3v) is 26.4. The first kappa shape index (κ1) is 67.6. The van der Waals surface area contributed by atoms with Crippen LogP contribution in [0.2, 0.25) is 0 Å². The van der Waals surface area contributed by atoms with E-state index < -0.39 is 0 Å². The lowest BCUT2D eigenvalue weighted by molar-refractivity contribution is 1.16. The molecule has 0 heteroatoms. The molecule has 114 heavy (non-hydrogen) atoms. The number of rotatable bonds is 0. The van der Waals surface area contributed by atoms with Gasteiger partial charge in [0.1, 0.15) is 0 Å². The maximum atomic E-state index is 2.44. The SMILES string of the molecule is C.c1ccc2c(c1)Cc1c-2ccc2c1-c1ccccc1C2.c1ccc2c(c1)Cc1c-2ccc2c1Cc1ccccc1-2.c1ccc2c(c1)Cc1cc3c(cc1-2)-c1ccccc1C3.c1ccc2c(c1)Cc1cc3c(cc1-2)Cc1ccccc1-3.c1ccc2c(c1)Cc1ccc3c(c1-2)-c1ccccc1C3.c1ccc2c(c1)Cc1ccccc1-2. The summed E-state index contributed by atoms with van der Waals surface area (Å²) in [7, 11) is 0. The Bertz CT molecular complexity index is 6480. The van der Waals surface area contributed by atoms with Crippen molar-refractivity contribution in [3.8, 4) is 122 Å². The topological polar surface area (TPSA) is 0 Å². The minimum atomic E-state index is 0. The lowest BCUT2D eigenvalue weighted by Crippen LogP contribution is -1.90. The molecule has 0 atom stereocenters. The summed E-state index contributed by atoms with van der Waals surface area (Å²) in [4.78, 5) is 0. The Morgan fingerprint density at radius 1 is 0.105 bits per heavy atom. The van der Waals surface area contributed by atoms with Crippen LogP contribution < -0.4 is 0 Å². The van der Waals surface area contributed by atoms with Gasteiger partial charge in [-0.1, -0.05) is 341 Å². The number of hydrogen-bond acceptors (Lipinski definition) is 0. The number of hydrogen-bond donors (Lipinski definition) is 0. The van der Waals surface area contributed by atoms with E-state index in [1.165, 1.54) is 234 Å². The van der Waals surface area contributed by atoms with E-state index in [2.05, 4.69) is 352 Å². The molecule has 0 fully saturated rings. The van der Waals surface area contributed by atoms with Crippen LogP contribution in [0.5, 0.6) is 0 Å². The van der Waals surface area contributed by atoms with Gasteiger partial charge in [0, 0.05) is 0 Å². The average molecular weight is 1450 g/mol. The smallest absolute Gasteiger partial charge is 0.000718 e. The third-order valence-electron chi connectivity index (χ3n) is 26.4. The van der Waals surface area contributed by atoms with Crippen molar-refractivity contribution in [2.75, 3.05) is 0 Å². The van der Waals surface area contributed by atoms with Gasteiger partial charge in [0.2, 0.25) is 0 Å². The van der Waals surface area contributed by atoms with Gasteiger partial charge >= 0.3 is 0 Å². The van der Waals surface area contributed by atoms with Crippen LogP contribution in [0, 0.1) is 0 Å². The Balaban J connectivity index is 0.0000000836. The lowest BCUT2D eigenvalue weighted by Gasteiger charge is -2.10. The van der Waals surface area contributed by atoms with Crippen molar-refractivity contribution in [2.45, 2.75) is 78.1 Å². The maximum absolute atomic E-state index is 2.44. The molecule has 0 nitrogen and oxygen atoms in total. The van der Waals surface area contributed by atoms with E-state index >= 15 is 0 Å². The average Bonchev–Trinajstić information content (AvgIpc) is 1.59. The van der Waals surface area contributed by atoms with E-state index in [4.69, 9.17) is 0 Å². The molecule has 0 saturated heterocycles. The van der Waals surface area contributed by atoms with Crippen molar-refractivity contribution in [3.63, 3.8) is 0 Å². The van der Waals surface area contributed by atoms with Crippen molar-refractivity contribution < 1.29 is 0 Å². The van der Waals surface area contributed by atoms with Gasteiger partial charge in [0.25, 0.3) is 0 Å². The van der Waals surface area contributed by atoms with Crippen LogP contribution in [0.1, 0.15) is 130 Å². The first-order valence-electron chi connectivity index (χ1n) is 40.7. The predicted molar refractivity (Wildman–Crippen MR) is 476 cm³/mol. The van der Waals surface area contributed by atoms with E-state index in [9.17, 15) is 0 Å². The number of benzene rings is 17. The Kier molecular flexibility index (Phi) is 16.4. The molecule has 0 radical (unpaired) electrons. The zero-order chi connectivity index (χ0) is 74.2. The third kappa shape index (κ3) is 11.2. The largest absolute Gasteiger partial charge is 0.0776 e. The molecule has 11 aliphatic rings. The summed E-state index contributed by atoms with van der Waals surface area (Å²) in [5.74, 6) is 0. The standard InChI is InChI=1S/5C20H14.C13H10.CH4/c1-3-7-16-14(6-1)12-19-18(16)10-9-15-11-13-5-2-4-8-17(13)20(15)19;1-3-7-17-13(5-1)9-15-11-20-16(12-19(15)17)10-14-6-2-4-8-18(14)20;1-3-7-17-13(5-1)9-15-11-16-10-14-6-2-4-8-18(14)20(16)12-19(15)17;1-3-7-17-13(5-1)11-15-9-10-16-12-14-6-2-4-8-18(14)20(16)19(15)17;1-3-7-15-13(5-1)11-19-17(15)9-10-18-16-8-4-2-6-14(16)12-20(18)19;1-3-7-12-10(5-1)9-11-6-2-4-8-13(11)12;/h1-10H,11-12H2;2*1-8,11-12H,9-10H2;2*1-10H,11-12H2;1-8H,9H2;1H4. The second kappa shape index (κ2) is 27.6. The second-order valence-corrected chi connectivity index (χ2v) is 32.5. The van der Waals surface area contributed by atoms with Crippen LogP contribution in [0.3, 0.4) is 0 Å². The van der Waals surface area contributed by atoms with E-state index in [1.807, 2.05) is 0 Å². The number of fused-ring (bicyclic) bond motifs is 36. The lowest BCUT2D eigenvalue weighted by atomic mass is 9.94. The molecule has 0 saturated carbocycles. The van der Waals surface area contributed by atoms with E-state index in [1.54, 1.807) is 11.1 Å². The molecule has 0 amide bonds. The van der Waals surface area contributed by atoms with Gasteiger partial charge in [-0.3, -0.25) is 0 Å². The first-order valence-corrected chi connectivity index (χ1v) is 40.7. The summed E-state index contributed by atoms with van der Waals surface area (Å²) in [5, 5.41) is 0. The molecule has 0 N–H and O–H groups in total. The van der Waals surface area contributed by atoms with Crippen LogP contribution >= 0.6 is 0 Å². The van der Waals surface area contributed by atoms with Gasteiger partial charge in [0.15, 0.2) is 0 Å². The second-order valence-electron chi connectivity index (χ2n) is 32.5. The summed E-state index contributed by atoms with van der Waals surface area (Å²) in [5.41, 5.74) is 64.5. The summed E-state index contributed by atoms with van der Waals surface area (Å²) in [6.45, 7) is 0. The zero-order valence-corrected chi connectivity index (χ0v) is 63.3. The quantitative estimate of drug-likeness (QED) is 0.142. The van der Waals surface area contributed by atoms with Gasteiger partial charge in [-0.2, -0.15) is 0 Å². The minimum absolute atomic E-state index is 0. The molecule has 11 aliphatic carbocycles. The highest BCUT2D eigenvalue weighted by molar-refractivity contribution is 5.97. The van der Waals surface area contributed by atoms with Crippen molar-refractivity contribution in [1.29, 1.82) is 0 Å². The van der Waals surface area contributed by atoms with Crippen molar-refractivity contribution >= 4 is 0 Å². The fourth-order valence-electron chi connectivity index (χ4n) is 21.2. The van der Waals surface area contributed by atoms with Gasteiger partial charge in [-0.15, -0.1) is 0 Å². The van der Waals surface area contributed by atoms with Gasteiger partial charge in [0.05, 0.1) is 0 Å². The predicted octanol–water partition coefficient (Wildman–Crippen LogP) is 28.0. The Morgan fingerprint density at radius 3 is 0.614 bits per heavy atom. The van der Waals surface area contributed by atoms with Crippen LogP contribution in [0.4, 0.5) is 0 Å². The summed E-state index contributed by atoms with van der Waals surface area (Å²) in [6, 6.07) is 129. The minimum Gasteiger partial charge on any atom is -0.0776 e. The molecule has 540 valence electrons. The van der Waals surface area contributed by atoms with E-state index in [0.29, 0.717) is 0 Å². The first-order chi connectivity index (χ1) is 56.0. The Morgan fingerprint density at radius 2 is 0.289 bits per heavy atom. The summed E-state index contributed by atoms with van der Waals surface area (Å²) in [6.07, 6.45) is 12.0. The van der Waals surface area contributed by atoms with E-state index in [-0.39, 0.29) is 7.43 Å². The van der Waals surface area contributed by atoms with Gasteiger partial charge < -0.3 is 0 Å². The fraction of sp³-hybridized carbons (Fsp3) is 0.105. The fourth-order valence-corrected chi connectivity index (χ4v) is 21.2. The van der Waals surface area contributed by atoms with Crippen LogP contribution in [0.15, 0.2) is 352 Å². The molecule has 17 aromatic carbocycles. The van der Waals surface area contributed by atoms with Crippen LogP contribution in [0.25, 0.3) is 122 Å². The highest BCUT2D eigenvalue weighted by atomic mass is 14.4. The molecule has 0 heterocycles. The highest BCUT2D eigenvalue weighted by Gasteiger charge is 2.33. The van der Waals surface area contributed by atoms with Crippen LogP contribution in [-0.4, -0.2) is 0 Å². The van der Waals surface area contributed by atoms with Gasteiger partial charge in [-0.25, -0.2) is 0 Å². The molecule has 0 aromatic heterocycles. The highest BCUT2D eigenvalue weighted by Crippen LogP contribution is 2.53. The molecular formula is C114H84. The summed E-state index contributed by atoms with van der Waals surface area (Å²) < 4.78 is 0. The molecule has 17 aromatic rings. The Hall–Kier alpha value is -13.3. The molecule has 0 spiro atoms. The monoisotopic (exact) mass is 1450 g/mol. The van der Waals surface area contributed by atoms with Crippen LogP contribution in [-0.2, 0) is 70.6 Å². The van der Waals surface area contributed by atoms with Crippen molar-refractivity contribution in [2.24, 2.45) is 0 Å². The molecule has 28 rings (SSSR count). The molecule has 0 aliphatic heterocycles. The molecular weight excluding hydrogens is 1370 g/mol. The zero-order valence-electron chi connectivity index (χ0n) is 63.3. The molecule has 0 bridgehead atoms. The van der Waals surface area contributed by atoms with Gasteiger partial charge in [-0.05, 0) is 334 Å².